The van der Waals surface area contributed by atoms with Gasteiger partial charge in [-0.05, 0) is 25.1 Å². The molecular weight excluding hydrogens is 244 g/mol. The van der Waals surface area contributed by atoms with Crippen LogP contribution < -0.4 is 0 Å². The molecule has 0 spiro atoms. The second-order valence-electron chi connectivity index (χ2n) is 4.35. The van der Waals surface area contributed by atoms with Gasteiger partial charge < -0.3 is 14.1 Å². The maximum Gasteiger partial charge on any atom is 0.323 e. The van der Waals surface area contributed by atoms with Crippen LogP contribution >= 0.6 is 0 Å². The van der Waals surface area contributed by atoms with E-state index in [0.717, 1.165) is 22.4 Å². The molecule has 3 rings (SSSR count). The first-order chi connectivity index (χ1) is 9.15. The Morgan fingerprint density at radius 3 is 2.89 bits per heavy atom. The fraction of sp³-hybridized carbons (Fsp3) is 0.143. The zero-order valence-corrected chi connectivity index (χ0v) is 10.3. The number of hydrogen-bond donors (Lipinski definition) is 1. The number of hydrogen-bond acceptors (Lipinski definition) is 3. The molecule has 1 N–H and O–H groups in total. The summed E-state index contributed by atoms with van der Waals surface area (Å²) in [7, 11) is 0. The summed E-state index contributed by atoms with van der Waals surface area (Å²) in [5.74, 6) is 0.481. The summed E-state index contributed by atoms with van der Waals surface area (Å²) in [6.07, 6.45) is 1.59. The largest absolute Gasteiger partial charge is 0.480 e. The Labute approximate surface area is 109 Å². The lowest BCUT2D eigenvalue weighted by Gasteiger charge is -2.04. The van der Waals surface area contributed by atoms with E-state index in [-0.39, 0.29) is 6.54 Å². The van der Waals surface area contributed by atoms with Crippen molar-refractivity contribution in [1.29, 1.82) is 0 Å². The average Bonchev–Trinajstić information content (AvgIpc) is 2.94. The second-order valence-corrected chi connectivity index (χ2v) is 4.35. The zero-order valence-electron chi connectivity index (χ0n) is 10.3. The van der Waals surface area contributed by atoms with Crippen molar-refractivity contribution < 1.29 is 14.3 Å². The van der Waals surface area contributed by atoms with Gasteiger partial charge in [-0.2, -0.15) is 0 Å². The monoisotopic (exact) mass is 256 g/mol. The quantitative estimate of drug-likeness (QED) is 0.782. The normalized spacial score (nSPS) is 11.0. The SMILES string of the molecule is Cc1cc(-c2nc3ccccc3n2CC(=O)O)co1. The fourth-order valence-electron chi connectivity index (χ4n) is 2.15. The van der Waals surface area contributed by atoms with E-state index >= 15 is 0 Å². The number of imidazole rings is 1. The predicted molar refractivity (Wildman–Crippen MR) is 69.8 cm³/mol. The van der Waals surface area contributed by atoms with Crippen LogP contribution in [0.5, 0.6) is 0 Å². The number of para-hydroxylation sites is 2. The molecule has 5 nitrogen and oxygen atoms in total. The van der Waals surface area contributed by atoms with Crippen LogP contribution in [-0.4, -0.2) is 20.6 Å². The Hall–Kier alpha value is -2.56. The molecule has 5 heteroatoms. The van der Waals surface area contributed by atoms with E-state index in [2.05, 4.69) is 4.98 Å². The van der Waals surface area contributed by atoms with Crippen molar-refractivity contribution in [2.45, 2.75) is 13.5 Å². The summed E-state index contributed by atoms with van der Waals surface area (Å²) >= 11 is 0. The molecule has 0 atom stereocenters. The van der Waals surface area contributed by atoms with Crippen LogP contribution in [0.25, 0.3) is 22.4 Å². The van der Waals surface area contributed by atoms with Gasteiger partial charge in [-0.3, -0.25) is 4.79 Å². The maximum absolute atomic E-state index is 11.0. The van der Waals surface area contributed by atoms with Crippen molar-refractivity contribution in [3.05, 3.63) is 42.4 Å². The summed E-state index contributed by atoms with van der Waals surface area (Å²) in [6, 6.07) is 9.32. The van der Waals surface area contributed by atoms with Crippen LogP contribution in [0.4, 0.5) is 0 Å². The van der Waals surface area contributed by atoms with Gasteiger partial charge in [0.05, 0.1) is 16.6 Å². The molecule has 1 aromatic carbocycles. The number of aryl methyl sites for hydroxylation is 1. The standard InChI is InChI=1S/C14H12N2O3/c1-9-6-10(8-19-9)14-15-11-4-2-3-5-12(11)16(14)7-13(17)18/h2-6,8H,7H2,1H3,(H,17,18). The van der Waals surface area contributed by atoms with Gasteiger partial charge in [-0.25, -0.2) is 4.98 Å². The number of carboxylic acid groups (broad SMARTS) is 1. The first kappa shape index (κ1) is 11.5. The number of nitrogens with zero attached hydrogens (tertiary/aromatic N) is 2. The second kappa shape index (κ2) is 4.28. The minimum absolute atomic E-state index is 0.125. The number of rotatable bonds is 3. The Morgan fingerprint density at radius 2 is 2.21 bits per heavy atom. The number of benzene rings is 1. The molecule has 0 radical (unpaired) electrons. The minimum Gasteiger partial charge on any atom is -0.480 e. The highest BCUT2D eigenvalue weighted by Crippen LogP contribution is 2.26. The van der Waals surface area contributed by atoms with Gasteiger partial charge in [0.1, 0.15) is 24.4 Å². The molecule has 2 aromatic heterocycles. The lowest BCUT2D eigenvalue weighted by atomic mass is 10.3. The number of aliphatic carboxylic acids is 1. The van der Waals surface area contributed by atoms with Crippen molar-refractivity contribution >= 4 is 17.0 Å². The minimum atomic E-state index is -0.899. The molecule has 96 valence electrons. The highest BCUT2D eigenvalue weighted by Gasteiger charge is 2.15. The lowest BCUT2D eigenvalue weighted by molar-refractivity contribution is -0.137. The first-order valence-electron chi connectivity index (χ1n) is 5.88. The molecule has 19 heavy (non-hydrogen) atoms. The Kier molecular flexibility index (Phi) is 2.59. The van der Waals surface area contributed by atoms with Crippen molar-refractivity contribution in [3.8, 4) is 11.4 Å². The Bertz CT molecular complexity index is 755. The third-order valence-corrected chi connectivity index (χ3v) is 2.94. The molecular formula is C14H12N2O3. The van der Waals surface area contributed by atoms with Gasteiger partial charge in [-0.15, -0.1) is 0 Å². The van der Waals surface area contributed by atoms with Gasteiger partial charge >= 0.3 is 5.97 Å². The third kappa shape index (κ3) is 1.99. The number of furan rings is 1. The Balaban J connectivity index is 2.25. The zero-order chi connectivity index (χ0) is 13.4. The molecule has 0 saturated carbocycles. The van der Waals surface area contributed by atoms with Crippen LogP contribution in [-0.2, 0) is 11.3 Å². The van der Waals surface area contributed by atoms with Crippen LogP contribution in [0.15, 0.2) is 41.0 Å². The van der Waals surface area contributed by atoms with Crippen molar-refractivity contribution in [2.75, 3.05) is 0 Å². The molecule has 0 fully saturated rings. The number of carbonyl (C=O) groups is 1. The van der Waals surface area contributed by atoms with Gasteiger partial charge in [0.25, 0.3) is 0 Å². The average molecular weight is 256 g/mol. The number of fused-ring (bicyclic) bond motifs is 1. The molecule has 2 heterocycles. The van der Waals surface area contributed by atoms with Crippen LogP contribution in [0.3, 0.4) is 0 Å². The van der Waals surface area contributed by atoms with E-state index in [4.69, 9.17) is 9.52 Å². The van der Waals surface area contributed by atoms with Gasteiger partial charge in [0.15, 0.2) is 0 Å². The van der Waals surface area contributed by atoms with Crippen LogP contribution in [0, 0.1) is 6.92 Å². The summed E-state index contributed by atoms with van der Waals surface area (Å²) in [5.41, 5.74) is 2.37. The molecule has 0 aliphatic heterocycles. The van der Waals surface area contributed by atoms with Crippen molar-refractivity contribution in [3.63, 3.8) is 0 Å². The first-order valence-corrected chi connectivity index (χ1v) is 5.88. The van der Waals surface area contributed by atoms with Crippen molar-refractivity contribution in [1.82, 2.24) is 9.55 Å². The highest BCUT2D eigenvalue weighted by molar-refractivity contribution is 5.82. The maximum atomic E-state index is 11.0. The van der Waals surface area contributed by atoms with Crippen molar-refractivity contribution in [2.24, 2.45) is 0 Å². The van der Waals surface area contributed by atoms with E-state index in [9.17, 15) is 4.79 Å². The van der Waals surface area contributed by atoms with Gasteiger partial charge in [0, 0.05) is 0 Å². The topological polar surface area (TPSA) is 68.3 Å². The van der Waals surface area contributed by atoms with E-state index in [0.29, 0.717) is 5.82 Å². The van der Waals surface area contributed by atoms with E-state index < -0.39 is 5.97 Å². The van der Waals surface area contributed by atoms with E-state index in [1.807, 2.05) is 37.3 Å². The molecule has 0 amide bonds. The summed E-state index contributed by atoms with van der Waals surface area (Å²) in [4.78, 5) is 15.5. The number of carboxylic acids is 1. The molecule has 0 unspecified atom stereocenters. The lowest BCUT2D eigenvalue weighted by Crippen LogP contribution is -2.09. The molecule has 0 aliphatic rings. The van der Waals surface area contributed by atoms with Crippen LogP contribution in [0.1, 0.15) is 5.76 Å². The molecule has 0 aliphatic carbocycles. The smallest absolute Gasteiger partial charge is 0.323 e. The fourth-order valence-corrected chi connectivity index (χ4v) is 2.15. The summed E-state index contributed by atoms with van der Waals surface area (Å²) in [6.45, 7) is 1.72. The Morgan fingerprint density at radius 1 is 1.42 bits per heavy atom. The summed E-state index contributed by atoms with van der Waals surface area (Å²) < 4.78 is 6.96. The number of aromatic nitrogens is 2. The molecule has 0 saturated heterocycles. The molecule has 3 aromatic rings. The summed E-state index contributed by atoms with van der Waals surface area (Å²) in [5, 5.41) is 9.05. The predicted octanol–water partition coefficient (Wildman–Crippen LogP) is 2.69. The van der Waals surface area contributed by atoms with Gasteiger partial charge in [0.2, 0.25) is 0 Å². The van der Waals surface area contributed by atoms with E-state index in [1.165, 1.54) is 0 Å². The van der Waals surface area contributed by atoms with Crippen LogP contribution in [0.2, 0.25) is 0 Å². The van der Waals surface area contributed by atoms with Gasteiger partial charge in [-0.1, -0.05) is 12.1 Å². The van der Waals surface area contributed by atoms with E-state index in [1.54, 1.807) is 10.8 Å². The highest BCUT2D eigenvalue weighted by atomic mass is 16.4. The molecule has 0 bridgehead atoms. The third-order valence-electron chi connectivity index (χ3n) is 2.94.